The van der Waals surface area contributed by atoms with Crippen LogP contribution in [0.25, 0.3) is 4.48 Å². The quantitative estimate of drug-likeness (QED) is 0.673. The molecule has 1 aliphatic rings. The van der Waals surface area contributed by atoms with Gasteiger partial charge in [0, 0.05) is 6.20 Å². The normalized spacial score (nSPS) is 16.9. The van der Waals surface area contributed by atoms with E-state index in [2.05, 4.69) is 26.2 Å². The molecule has 0 spiro atoms. The average Bonchev–Trinajstić information content (AvgIpc) is 2.83. The summed E-state index contributed by atoms with van der Waals surface area (Å²) in [4.78, 5) is 29.8. The van der Waals surface area contributed by atoms with Crippen LogP contribution in [0.3, 0.4) is 0 Å². The van der Waals surface area contributed by atoms with E-state index in [1.54, 1.807) is 48.7 Å². The predicted molar refractivity (Wildman–Crippen MR) is 82.5 cm³/mol. The molecule has 1 aromatic carbocycles. The Morgan fingerprint density at radius 3 is 2.43 bits per heavy atom. The van der Waals surface area contributed by atoms with Gasteiger partial charge in [0.1, 0.15) is 5.70 Å². The number of para-hydroxylation sites is 1. The van der Waals surface area contributed by atoms with Crippen molar-refractivity contribution >= 4 is 38.0 Å². The van der Waals surface area contributed by atoms with Crippen LogP contribution in [0.4, 0.5) is 10.5 Å². The van der Waals surface area contributed by atoms with Gasteiger partial charge in [-0.2, -0.15) is 0 Å². The molecular formula is C15H10BrN3O2. The van der Waals surface area contributed by atoms with Crippen LogP contribution in [0.1, 0.15) is 5.69 Å². The third-order valence-corrected chi connectivity index (χ3v) is 3.78. The fourth-order valence-corrected chi connectivity index (χ4v) is 2.50. The number of amides is 3. The summed E-state index contributed by atoms with van der Waals surface area (Å²) in [6.07, 6.45) is 1.62. The molecule has 0 saturated carbocycles. The molecule has 104 valence electrons. The first-order valence-electron chi connectivity index (χ1n) is 6.20. The number of urea groups is 1. The molecule has 5 nitrogen and oxygen atoms in total. The zero-order valence-corrected chi connectivity index (χ0v) is 12.4. The van der Waals surface area contributed by atoms with Crippen molar-refractivity contribution in [1.82, 2.24) is 10.3 Å². The fourth-order valence-electron chi connectivity index (χ4n) is 2.00. The van der Waals surface area contributed by atoms with Gasteiger partial charge in [-0.3, -0.25) is 9.78 Å². The van der Waals surface area contributed by atoms with Crippen molar-refractivity contribution in [3.05, 3.63) is 66.1 Å². The van der Waals surface area contributed by atoms with Gasteiger partial charge in [-0.15, -0.1) is 0 Å². The molecule has 3 amide bonds. The lowest BCUT2D eigenvalue weighted by Crippen LogP contribution is -2.30. The first kappa shape index (κ1) is 13.5. The summed E-state index contributed by atoms with van der Waals surface area (Å²) in [5.74, 6) is -0.413. The Labute approximate surface area is 129 Å². The predicted octanol–water partition coefficient (Wildman–Crippen LogP) is 2.90. The third kappa shape index (κ3) is 2.45. The molecule has 2 heterocycles. The topological polar surface area (TPSA) is 62.3 Å². The van der Waals surface area contributed by atoms with Gasteiger partial charge in [-0.1, -0.05) is 24.3 Å². The molecule has 2 aromatic rings. The Balaban J connectivity index is 2.01. The Morgan fingerprint density at radius 1 is 1.05 bits per heavy atom. The molecule has 6 heteroatoms. The maximum absolute atomic E-state index is 12.5. The van der Waals surface area contributed by atoms with E-state index >= 15 is 0 Å². The van der Waals surface area contributed by atoms with Gasteiger partial charge in [0.25, 0.3) is 5.91 Å². The van der Waals surface area contributed by atoms with E-state index in [0.717, 1.165) is 4.90 Å². The van der Waals surface area contributed by atoms with Crippen molar-refractivity contribution < 1.29 is 9.59 Å². The van der Waals surface area contributed by atoms with Crippen LogP contribution >= 0.6 is 15.9 Å². The SMILES string of the molecule is O=C1NC(=C(Br)c2ccccn2)C(=O)N1c1ccccc1. The smallest absolute Gasteiger partial charge is 0.301 e. The average molecular weight is 344 g/mol. The number of anilines is 1. The van der Waals surface area contributed by atoms with E-state index in [1.807, 2.05) is 6.07 Å². The van der Waals surface area contributed by atoms with Crippen LogP contribution in [0, 0.1) is 0 Å². The van der Waals surface area contributed by atoms with Gasteiger partial charge in [0.2, 0.25) is 0 Å². The van der Waals surface area contributed by atoms with Crippen molar-refractivity contribution in [3.8, 4) is 0 Å². The number of carbonyl (C=O) groups excluding carboxylic acids is 2. The highest BCUT2D eigenvalue weighted by molar-refractivity contribution is 9.15. The zero-order chi connectivity index (χ0) is 14.8. The van der Waals surface area contributed by atoms with Gasteiger partial charge in [-0.05, 0) is 40.2 Å². The van der Waals surface area contributed by atoms with E-state index in [9.17, 15) is 9.59 Å². The second-order valence-electron chi connectivity index (χ2n) is 4.31. The number of benzene rings is 1. The summed E-state index contributed by atoms with van der Waals surface area (Å²) in [6, 6.07) is 13.6. The number of aromatic nitrogens is 1. The van der Waals surface area contributed by atoms with E-state index < -0.39 is 11.9 Å². The van der Waals surface area contributed by atoms with Crippen LogP contribution in [-0.2, 0) is 4.79 Å². The summed E-state index contributed by atoms with van der Waals surface area (Å²) in [5.41, 5.74) is 1.29. The molecule has 1 aliphatic heterocycles. The number of pyridine rings is 1. The van der Waals surface area contributed by atoms with E-state index in [0.29, 0.717) is 15.9 Å². The summed E-state index contributed by atoms with van der Waals surface area (Å²) in [5, 5.41) is 2.58. The lowest BCUT2D eigenvalue weighted by Gasteiger charge is -2.11. The van der Waals surface area contributed by atoms with Crippen LogP contribution in [0.15, 0.2) is 60.4 Å². The number of carbonyl (C=O) groups is 2. The summed E-state index contributed by atoms with van der Waals surface area (Å²) in [7, 11) is 0. The number of nitrogens with zero attached hydrogens (tertiary/aromatic N) is 2. The molecular weight excluding hydrogens is 334 g/mol. The van der Waals surface area contributed by atoms with Crippen LogP contribution in [0.5, 0.6) is 0 Å². The number of halogens is 1. The third-order valence-electron chi connectivity index (χ3n) is 2.98. The van der Waals surface area contributed by atoms with Crippen LogP contribution in [0.2, 0.25) is 0 Å². The first-order chi connectivity index (χ1) is 10.2. The minimum Gasteiger partial charge on any atom is -0.301 e. The Bertz CT molecular complexity index is 729. The minimum atomic E-state index is -0.478. The molecule has 0 aliphatic carbocycles. The van der Waals surface area contributed by atoms with Crippen LogP contribution < -0.4 is 10.2 Å². The van der Waals surface area contributed by atoms with Gasteiger partial charge in [0.05, 0.1) is 15.9 Å². The van der Waals surface area contributed by atoms with Crippen LogP contribution in [-0.4, -0.2) is 16.9 Å². The maximum atomic E-state index is 12.5. The lowest BCUT2D eigenvalue weighted by atomic mass is 10.2. The monoisotopic (exact) mass is 343 g/mol. The fraction of sp³-hybridized carbons (Fsp3) is 0. The molecule has 1 saturated heterocycles. The molecule has 0 radical (unpaired) electrons. The Hall–Kier alpha value is -2.47. The van der Waals surface area contributed by atoms with Crippen molar-refractivity contribution in [1.29, 1.82) is 0 Å². The first-order valence-corrected chi connectivity index (χ1v) is 6.99. The van der Waals surface area contributed by atoms with E-state index in [-0.39, 0.29) is 5.70 Å². The molecule has 0 atom stereocenters. The standard InChI is InChI=1S/C15H10BrN3O2/c16-12(11-8-4-5-9-17-11)13-14(20)19(15(21)18-13)10-6-2-1-3-7-10/h1-9H,(H,18,21). The number of rotatable bonds is 2. The molecule has 0 bridgehead atoms. The molecule has 1 N–H and O–H groups in total. The van der Waals surface area contributed by atoms with Gasteiger partial charge < -0.3 is 5.32 Å². The second kappa shape index (κ2) is 5.49. The summed E-state index contributed by atoms with van der Waals surface area (Å²) >= 11 is 3.34. The Kier molecular flexibility index (Phi) is 3.53. The van der Waals surface area contributed by atoms with Gasteiger partial charge in [0.15, 0.2) is 0 Å². The zero-order valence-electron chi connectivity index (χ0n) is 10.8. The molecule has 1 aromatic heterocycles. The maximum Gasteiger partial charge on any atom is 0.333 e. The Morgan fingerprint density at radius 2 is 1.76 bits per heavy atom. The second-order valence-corrected chi connectivity index (χ2v) is 5.10. The molecule has 3 rings (SSSR count). The van der Waals surface area contributed by atoms with E-state index in [1.165, 1.54) is 0 Å². The van der Waals surface area contributed by atoms with Crippen molar-refractivity contribution in [2.45, 2.75) is 0 Å². The van der Waals surface area contributed by atoms with Crippen molar-refractivity contribution in [3.63, 3.8) is 0 Å². The summed E-state index contributed by atoms with van der Waals surface area (Å²) < 4.78 is 0.458. The molecule has 21 heavy (non-hydrogen) atoms. The molecule has 0 unspecified atom stereocenters. The number of imide groups is 1. The van der Waals surface area contributed by atoms with Crippen molar-refractivity contribution in [2.24, 2.45) is 0 Å². The highest BCUT2D eigenvalue weighted by Crippen LogP contribution is 2.28. The van der Waals surface area contributed by atoms with Gasteiger partial charge >= 0.3 is 6.03 Å². The van der Waals surface area contributed by atoms with Gasteiger partial charge in [-0.25, -0.2) is 9.69 Å². The van der Waals surface area contributed by atoms with E-state index in [4.69, 9.17) is 0 Å². The summed E-state index contributed by atoms with van der Waals surface area (Å²) in [6.45, 7) is 0. The number of hydrogen-bond acceptors (Lipinski definition) is 3. The minimum absolute atomic E-state index is 0.183. The number of nitrogens with one attached hydrogen (secondary N) is 1. The van der Waals surface area contributed by atoms with Crippen molar-refractivity contribution in [2.75, 3.05) is 4.90 Å². The largest absolute Gasteiger partial charge is 0.333 e. The number of hydrogen-bond donors (Lipinski definition) is 1. The molecule has 1 fully saturated rings. The lowest BCUT2D eigenvalue weighted by molar-refractivity contribution is -0.113. The highest BCUT2D eigenvalue weighted by atomic mass is 79.9. The highest BCUT2D eigenvalue weighted by Gasteiger charge is 2.36.